The lowest BCUT2D eigenvalue weighted by Gasteiger charge is -2.11. The van der Waals surface area contributed by atoms with Crippen molar-refractivity contribution in [3.8, 4) is 5.75 Å². The number of carbonyl (C=O) groups is 2. The van der Waals surface area contributed by atoms with Gasteiger partial charge in [0.05, 0.1) is 13.2 Å². The third kappa shape index (κ3) is 3.61. The third-order valence-electron chi connectivity index (χ3n) is 2.86. The number of amides is 2. The summed E-state index contributed by atoms with van der Waals surface area (Å²) in [6, 6.07) is 5.35. The van der Waals surface area contributed by atoms with Crippen LogP contribution >= 0.6 is 11.6 Å². The largest absolute Gasteiger partial charge is 0.488 e. The second-order valence-electron chi connectivity index (χ2n) is 4.39. The van der Waals surface area contributed by atoms with Crippen molar-refractivity contribution >= 4 is 23.4 Å². The molecule has 108 valence electrons. The summed E-state index contributed by atoms with van der Waals surface area (Å²) in [7, 11) is 0. The van der Waals surface area contributed by atoms with Crippen LogP contribution in [-0.4, -0.2) is 42.7 Å². The van der Waals surface area contributed by atoms with Crippen molar-refractivity contribution in [2.75, 3.05) is 19.7 Å². The molecule has 0 aromatic heterocycles. The Morgan fingerprint density at radius 1 is 1.35 bits per heavy atom. The number of aliphatic hydroxyl groups is 1. The van der Waals surface area contributed by atoms with Crippen LogP contribution in [0.1, 0.15) is 5.56 Å². The van der Waals surface area contributed by atoms with Crippen molar-refractivity contribution in [1.29, 1.82) is 0 Å². The molecule has 0 saturated heterocycles. The van der Waals surface area contributed by atoms with Crippen molar-refractivity contribution < 1.29 is 19.4 Å². The summed E-state index contributed by atoms with van der Waals surface area (Å²) in [5, 5.41) is 13.9. The molecule has 0 radical (unpaired) electrons. The Bertz CT molecular complexity index is 521. The van der Waals surface area contributed by atoms with Gasteiger partial charge in [-0.1, -0.05) is 11.6 Å². The minimum Gasteiger partial charge on any atom is -0.488 e. The smallest absolute Gasteiger partial charge is 0.309 e. The molecule has 0 spiro atoms. The van der Waals surface area contributed by atoms with Crippen LogP contribution < -0.4 is 15.4 Å². The van der Waals surface area contributed by atoms with Crippen molar-refractivity contribution in [2.45, 2.75) is 12.5 Å². The van der Waals surface area contributed by atoms with Gasteiger partial charge in [-0.25, -0.2) is 0 Å². The van der Waals surface area contributed by atoms with E-state index in [-0.39, 0.29) is 25.8 Å². The number of ether oxygens (including phenoxy) is 1. The fraction of sp³-hybridized carbons (Fsp3) is 0.385. The van der Waals surface area contributed by atoms with E-state index in [0.717, 1.165) is 11.3 Å². The van der Waals surface area contributed by atoms with E-state index >= 15 is 0 Å². The van der Waals surface area contributed by atoms with Gasteiger partial charge in [0.2, 0.25) is 0 Å². The Morgan fingerprint density at radius 3 is 2.85 bits per heavy atom. The van der Waals surface area contributed by atoms with Gasteiger partial charge in [0.15, 0.2) is 0 Å². The van der Waals surface area contributed by atoms with Crippen LogP contribution in [0.25, 0.3) is 0 Å². The molecule has 1 aliphatic rings. The number of nitrogens with one attached hydrogen (secondary N) is 2. The number of carbonyl (C=O) groups excluding carboxylic acids is 2. The average Bonchev–Trinajstić information content (AvgIpc) is 2.83. The standard InChI is InChI=1S/C13H15ClN2O4/c14-9-1-2-11-8(5-9)6-10(20-11)7-16-13(19)12(18)15-3-4-17/h1-2,5,10,17H,3-4,6-7H2,(H,15,18)(H,16,19). The van der Waals surface area contributed by atoms with E-state index < -0.39 is 11.8 Å². The lowest BCUT2D eigenvalue weighted by atomic mass is 10.1. The highest BCUT2D eigenvalue weighted by atomic mass is 35.5. The number of aliphatic hydroxyl groups excluding tert-OH is 1. The normalized spacial score (nSPS) is 16.2. The molecule has 1 heterocycles. The second-order valence-corrected chi connectivity index (χ2v) is 4.82. The number of benzene rings is 1. The number of hydrogen-bond acceptors (Lipinski definition) is 4. The van der Waals surface area contributed by atoms with E-state index in [1.165, 1.54) is 0 Å². The molecule has 0 aliphatic carbocycles. The van der Waals surface area contributed by atoms with Crippen molar-refractivity contribution in [3.63, 3.8) is 0 Å². The van der Waals surface area contributed by atoms with Crippen molar-refractivity contribution in [3.05, 3.63) is 28.8 Å². The van der Waals surface area contributed by atoms with Gasteiger partial charge in [0.1, 0.15) is 11.9 Å². The Hall–Kier alpha value is -1.79. The predicted octanol–water partition coefficient (Wildman–Crippen LogP) is -0.132. The van der Waals surface area contributed by atoms with E-state index in [0.29, 0.717) is 11.4 Å². The molecule has 0 fully saturated rings. The first-order chi connectivity index (χ1) is 9.60. The molecule has 0 bridgehead atoms. The monoisotopic (exact) mass is 298 g/mol. The Kier molecular flexibility index (Phi) is 4.81. The zero-order valence-electron chi connectivity index (χ0n) is 10.7. The first kappa shape index (κ1) is 14.6. The van der Waals surface area contributed by atoms with Crippen LogP contribution in [0, 0.1) is 0 Å². The fourth-order valence-electron chi connectivity index (χ4n) is 1.94. The van der Waals surface area contributed by atoms with E-state index in [4.69, 9.17) is 21.4 Å². The zero-order valence-corrected chi connectivity index (χ0v) is 11.4. The van der Waals surface area contributed by atoms with Gasteiger partial charge in [-0.05, 0) is 23.8 Å². The topological polar surface area (TPSA) is 87.7 Å². The zero-order chi connectivity index (χ0) is 14.5. The van der Waals surface area contributed by atoms with Crippen molar-refractivity contribution in [2.24, 2.45) is 0 Å². The minimum atomic E-state index is -0.766. The molecule has 1 aromatic carbocycles. The maximum atomic E-state index is 11.5. The second kappa shape index (κ2) is 6.58. The third-order valence-corrected chi connectivity index (χ3v) is 3.09. The summed E-state index contributed by atoms with van der Waals surface area (Å²) in [5.41, 5.74) is 0.987. The lowest BCUT2D eigenvalue weighted by Crippen LogP contribution is -2.44. The molecule has 1 aliphatic heterocycles. The molecule has 1 unspecified atom stereocenters. The molecule has 7 heteroatoms. The molecular formula is C13H15ClN2O4. The van der Waals surface area contributed by atoms with Gasteiger partial charge < -0.3 is 20.5 Å². The maximum Gasteiger partial charge on any atom is 0.309 e. The Morgan fingerprint density at radius 2 is 2.10 bits per heavy atom. The molecule has 20 heavy (non-hydrogen) atoms. The predicted molar refractivity (Wildman–Crippen MR) is 72.7 cm³/mol. The molecule has 1 aromatic rings. The van der Waals surface area contributed by atoms with Crippen LogP contribution in [0.3, 0.4) is 0 Å². The fourth-order valence-corrected chi connectivity index (χ4v) is 2.13. The van der Waals surface area contributed by atoms with E-state index in [9.17, 15) is 9.59 Å². The quantitative estimate of drug-likeness (QED) is 0.676. The number of fused-ring (bicyclic) bond motifs is 1. The van der Waals surface area contributed by atoms with Crippen LogP contribution in [-0.2, 0) is 16.0 Å². The van der Waals surface area contributed by atoms with Crippen LogP contribution in [0.5, 0.6) is 5.75 Å². The van der Waals surface area contributed by atoms with E-state index in [1.807, 2.05) is 6.07 Å². The van der Waals surface area contributed by atoms with Crippen LogP contribution in [0.4, 0.5) is 0 Å². The molecule has 3 N–H and O–H groups in total. The highest BCUT2D eigenvalue weighted by molar-refractivity contribution is 6.35. The van der Waals surface area contributed by atoms with E-state index in [1.54, 1.807) is 12.1 Å². The molecule has 2 rings (SSSR count). The Balaban J connectivity index is 1.79. The van der Waals surface area contributed by atoms with E-state index in [2.05, 4.69) is 10.6 Å². The minimum absolute atomic E-state index is 0.0517. The first-order valence-electron chi connectivity index (χ1n) is 6.22. The SMILES string of the molecule is O=C(NCCO)C(=O)NCC1Cc2cc(Cl)ccc2O1. The summed E-state index contributed by atoms with van der Waals surface area (Å²) in [6.07, 6.45) is 0.423. The molecular weight excluding hydrogens is 284 g/mol. The van der Waals surface area contributed by atoms with Gasteiger partial charge in [0.25, 0.3) is 0 Å². The highest BCUT2D eigenvalue weighted by Gasteiger charge is 2.24. The summed E-state index contributed by atoms with van der Waals surface area (Å²) >= 11 is 5.89. The van der Waals surface area contributed by atoms with Gasteiger partial charge in [-0.2, -0.15) is 0 Å². The first-order valence-corrected chi connectivity index (χ1v) is 6.60. The highest BCUT2D eigenvalue weighted by Crippen LogP contribution is 2.30. The summed E-state index contributed by atoms with van der Waals surface area (Å²) in [6.45, 7) is 0.0780. The number of rotatable bonds is 4. The van der Waals surface area contributed by atoms with Gasteiger partial charge in [0, 0.05) is 18.0 Å². The van der Waals surface area contributed by atoms with Crippen molar-refractivity contribution in [1.82, 2.24) is 10.6 Å². The lowest BCUT2D eigenvalue weighted by molar-refractivity contribution is -0.139. The van der Waals surface area contributed by atoms with Crippen LogP contribution in [0.15, 0.2) is 18.2 Å². The van der Waals surface area contributed by atoms with Gasteiger partial charge >= 0.3 is 11.8 Å². The van der Waals surface area contributed by atoms with Crippen LogP contribution in [0.2, 0.25) is 5.02 Å². The summed E-state index contributed by atoms with van der Waals surface area (Å²) < 4.78 is 5.63. The number of hydrogen-bond donors (Lipinski definition) is 3. The number of halogens is 1. The molecule has 1 atom stereocenters. The average molecular weight is 299 g/mol. The molecule has 6 nitrogen and oxygen atoms in total. The molecule has 0 saturated carbocycles. The van der Waals surface area contributed by atoms with Gasteiger partial charge in [-0.3, -0.25) is 9.59 Å². The Labute approximate surface area is 121 Å². The maximum absolute atomic E-state index is 11.5. The summed E-state index contributed by atoms with van der Waals surface area (Å²) in [4.78, 5) is 22.7. The van der Waals surface area contributed by atoms with Gasteiger partial charge in [-0.15, -0.1) is 0 Å². The molecule has 2 amide bonds. The summed E-state index contributed by atoms with van der Waals surface area (Å²) in [5.74, 6) is -0.757.